The van der Waals surface area contributed by atoms with Crippen molar-refractivity contribution >= 4 is 5.91 Å². The lowest BCUT2D eigenvalue weighted by molar-refractivity contribution is -0.138. The molecule has 2 fully saturated rings. The van der Waals surface area contributed by atoms with Gasteiger partial charge >= 0.3 is 0 Å². The number of carbonyl (C=O) groups is 1. The predicted molar refractivity (Wildman–Crippen MR) is 89.3 cm³/mol. The molecule has 3 heterocycles. The minimum atomic E-state index is 0.309. The molecule has 1 aromatic heterocycles. The van der Waals surface area contributed by atoms with E-state index in [4.69, 9.17) is 4.74 Å². The Bertz CT molecular complexity index is 540. The molecule has 2 aliphatic rings. The summed E-state index contributed by atoms with van der Waals surface area (Å²) in [6, 6.07) is 0. The second-order valence-electron chi connectivity index (χ2n) is 7.52. The van der Waals surface area contributed by atoms with E-state index in [0.29, 0.717) is 30.1 Å². The first-order valence-corrected chi connectivity index (χ1v) is 8.92. The first kappa shape index (κ1) is 16.5. The Hall–Kier alpha value is -1.36. The lowest BCUT2D eigenvalue weighted by Crippen LogP contribution is -2.51. The molecule has 1 aromatic rings. The summed E-state index contributed by atoms with van der Waals surface area (Å²) in [6.07, 6.45) is 4.80. The number of aryl methyl sites for hydroxylation is 1. The third-order valence-corrected chi connectivity index (χ3v) is 5.01. The molecule has 0 saturated carbocycles. The van der Waals surface area contributed by atoms with E-state index in [1.807, 2.05) is 11.1 Å². The van der Waals surface area contributed by atoms with Crippen molar-refractivity contribution in [1.82, 2.24) is 14.5 Å². The van der Waals surface area contributed by atoms with Gasteiger partial charge in [-0.05, 0) is 25.7 Å². The largest absolute Gasteiger partial charge is 0.381 e. The van der Waals surface area contributed by atoms with E-state index >= 15 is 0 Å². The van der Waals surface area contributed by atoms with Gasteiger partial charge in [-0.15, -0.1) is 0 Å². The van der Waals surface area contributed by atoms with Crippen LogP contribution in [0.15, 0.2) is 6.20 Å². The van der Waals surface area contributed by atoms with Gasteiger partial charge in [-0.25, -0.2) is 4.98 Å². The van der Waals surface area contributed by atoms with Crippen LogP contribution < -0.4 is 0 Å². The fourth-order valence-electron chi connectivity index (χ4n) is 3.62. The minimum absolute atomic E-state index is 0.309. The van der Waals surface area contributed by atoms with Crippen LogP contribution in [0.3, 0.4) is 0 Å². The molecule has 1 amide bonds. The highest BCUT2D eigenvalue weighted by Gasteiger charge is 2.32. The normalized spacial score (nSPS) is 20.1. The Labute approximate surface area is 139 Å². The van der Waals surface area contributed by atoms with Gasteiger partial charge in [0.05, 0.1) is 0 Å². The molecule has 128 valence electrons. The average Bonchev–Trinajstić information content (AvgIpc) is 2.83. The molecule has 2 saturated heterocycles. The van der Waals surface area contributed by atoms with Crippen LogP contribution in [-0.2, 0) is 16.1 Å². The molecule has 0 radical (unpaired) electrons. The number of aromatic nitrogens is 2. The van der Waals surface area contributed by atoms with Crippen molar-refractivity contribution in [3.05, 3.63) is 17.7 Å². The lowest BCUT2D eigenvalue weighted by Gasteiger charge is -2.40. The van der Waals surface area contributed by atoms with Crippen LogP contribution in [0.5, 0.6) is 0 Å². The van der Waals surface area contributed by atoms with E-state index in [0.717, 1.165) is 45.7 Å². The summed E-state index contributed by atoms with van der Waals surface area (Å²) < 4.78 is 7.85. The maximum Gasteiger partial charge on any atom is 0.222 e. The van der Waals surface area contributed by atoms with Crippen LogP contribution >= 0.6 is 0 Å². The summed E-state index contributed by atoms with van der Waals surface area (Å²) in [4.78, 5) is 18.7. The highest BCUT2D eigenvalue weighted by molar-refractivity contribution is 5.77. The third-order valence-electron chi connectivity index (χ3n) is 5.01. The zero-order valence-electron chi connectivity index (χ0n) is 14.6. The zero-order chi connectivity index (χ0) is 16.4. The summed E-state index contributed by atoms with van der Waals surface area (Å²) in [6.45, 7) is 10.8. The van der Waals surface area contributed by atoms with Gasteiger partial charge in [-0.3, -0.25) is 4.79 Å². The summed E-state index contributed by atoms with van der Waals surface area (Å²) in [5.74, 6) is 3.06. The Morgan fingerprint density at radius 3 is 2.70 bits per heavy atom. The van der Waals surface area contributed by atoms with Gasteiger partial charge in [0, 0.05) is 63.0 Å². The number of nitrogens with zero attached hydrogens (tertiary/aromatic N) is 3. The van der Waals surface area contributed by atoms with Crippen molar-refractivity contribution in [3.63, 3.8) is 0 Å². The van der Waals surface area contributed by atoms with Crippen LogP contribution in [0, 0.1) is 18.8 Å². The van der Waals surface area contributed by atoms with E-state index in [2.05, 4.69) is 30.3 Å². The molecule has 0 unspecified atom stereocenters. The van der Waals surface area contributed by atoms with Gasteiger partial charge in [0.15, 0.2) is 0 Å². The monoisotopic (exact) mass is 319 g/mol. The van der Waals surface area contributed by atoms with Crippen LogP contribution in [0.1, 0.15) is 50.5 Å². The fourth-order valence-corrected chi connectivity index (χ4v) is 3.62. The highest BCUT2D eigenvalue weighted by Crippen LogP contribution is 2.28. The molecule has 0 spiro atoms. The van der Waals surface area contributed by atoms with E-state index in [1.54, 1.807) is 0 Å². The SMILES string of the molecule is Cc1cnc(C2CCOCC2)n1CC1CN(C(=O)CC(C)C)C1. The quantitative estimate of drug-likeness (QED) is 0.838. The highest BCUT2D eigenvalue weighted by atomic mass is 16.5. The zero-order valence-corrected chi connectivity index (χ0v) is 14.6. The number of carbonyl (C=O) groups excluding carboxylic acids is 1. The number of imidazole rings is 1. The third kappa shape index (κ3) is 3.77. The van der Waals surface area contributed by atoms with Crippen molar-refractivity contribution in [1.29, 1.82) is 0 Å². The van der Waals surface area contributed by atoms with Gasteiger partial charge in [-0.1, -0.05) is 13.8 Å². The molecule has 0 atom stereocenters. The first-order chi connectivity index (χ1) is 11.0. The van der Waals surface area contributed by atoms with Crippen LogP contribution in [0.4, 0.5) is 0 Å². The topological polar surface area (TPSA) is 47.4 Å². The minimum Gasteiger partial charge on any atom is -0.381 e. The Morgan fingerprint density at radius 1 is 1.35 bits per heavy atom. The Balaban J connectivity index is 1.57. The van der Waals surface area contributed by atoms with Crippen LogP contribution in [-0.4, -0.2) is 46.7 Å². The van der Waals surface area contributed by atoms with E-state index in [-0.39, 0.29) is 0 Å². The van der Waals surface area contributed by atoms with Crippen molar-refractivity contribution in [3.8, 4) is 0 Å². The molecule has 0 aromatic carbocycles. The number of hydrogen-bond acceptors (Lipinski definition) is 3. The van der Waals surface area contributed by atoms with Gasteiger partial charge < -0.3 is 14.2 Å². The fraction of sp³-hybridized carbons (Fsp3) is 0.778. The molecule has 2 aliphatic heterocycles. The van der Waals surface area contributed by atoms with Crippen molar-refractivity contribution in [2.24, 2.45) is 11.8 Å². The molecule has 5 heteroatoms. The molecular weight excluding hydrogens is 290 g/mol. The second-order valence-corrected chi connectivity index (χ2v) is 7.52. The molecule has 23 heavy (non-hydrogen) atoms. The summed E-state index contributed by atoms with van der Waals surface area (Å²) in [5.41, 5.74) is 1.23. The summed E-state index contributed by atoms with van der Waals surface area (Å²) in [5, 5.41) is 0. The molecule has 0 N–H and O–H groups in total. The standard InChI is InChI=1S/C18H29N3O2/c1-13(2)8-17(22)20-10-15(11-20)12-21-14(3)9-19-18(21)16-4-6-23-7-5-16/h9,13,15-16H,4-8,10-12H2,1-3H3. The molecule has 3 rings (SSSR count). The van der Waals surface area contributed by atoms with E-state index < -0.39 is 0 Å². The Kier molecular flexibility index (Phi) is 5.05. The van der Waals surface area contributed by atoms with Crippen LogP contribution in [0.2, 0.25) is 0 Å². The van der Waals surface area contributed by atoms with E-state index in [9.17, 15) is 4.79 Å². The smallest absolute Gasteiger partial charge is 0.222 e. The van der Waals surface area contributed by atoms with Crippen molar-refractivity contribution < 1.29 is 9.53 Å². The first-order valence-electron chi connectivity index (χ1n) is 8.92. The van der Waals surface area contributed by atoms with Gasteiger partial charge in [0.25, 0.3) is 0 Å². The predicted octanol–water partition coefficient (Wildman–Crippen LogP) is 2.59. The number of amides is 1. The molecule has 5 nitrogen and oxygen atoms in total. The number of ether oxygens (including phenoxy) is 1. The molecular formula is C18H29N3O2. The van der Waals surface area contributed by atoms with Gasteiger partial charge in [-0.2, -0.15) is 0 Å². The van der Waals surface area contributed by atoms with Gasteiger partial charge in [0.2, 0.25) is 5.91 Å². The summed E-state index contributed by atoms with van der Waals surface area (Å²) in [7, 11) is 0. The molecule has 0 bridgehead atoms. The number of rotatable bonds is 5. The van der Waals surface area contributed by atoms with Crippen molar-refractivity contribution in [2.75, 3.05) is 26.3 Å². The van der Waals surface area contributed by atoms with Gasteiger partial charge in [0.1, 0.15) is 5.82 Å². The Morgan fingerprint density at radius 2 is 2.04 bits per heavy atom. The second kappa shape index (κ2) is 7.04. The number of likely N-dealkylation sites (tertiary alicyclic amines) is 1. The average molecular weight is 319 g/mol. The summed E-state index contributed by atoms with van der Waals surface area (Å²) >= 11 is 0. The van der Waals surface area contributed by atoms with Crippen LogP contribution in [0.25, 0.3) is 0 Å². The van der Waals surface area contributed by atoms with E-state index in [1.165, 1.54) is 11.5 Å². The molecule has 0 aliphatic carbocycles. The number of hydrogen-bond donors (Lipinski definition) is 0. The maximum atomic E-state index is 12.1. The maximum absolute atomic E-state index is 12.1. The lowest BCUT2D eigenvalue weighted by atomic mass is 9.96. The van der Waals surface area contributed by atoms with Crippen molar-refractivity contribution in [2.45, 2.75) is 52.5 Å².